The van der Waals surface area contributed by atoms with E-state index in [2.05, 4.69) is 5.32 Å². The number of rotatable bonds is 0. The zero-order valence-corrected chi connectivity index (χ0v) is 6.73. The molecule has 2 aliphatic heterocycles. The molecule has 0 fully saturated rings. The number of amides is 1. The summed E-state index contributed by atoms with van der Waals surface area (Å²) in [7, 11) is 0. The third kappa shape index (κ3) is 0.708. The highest BCUT2D eigenvalue weighted by Gasteiger charge is 2.43. The first kappa shape index (κ1) is 6.70. The summed E-state index contributed by atoms with van der Waals surface area (Å²) in [5, 5.41) is 2.72. The van der Waals surface area contributed by atoms with Crippen LogP contribution in [0.15, 0.2) is 11.5 Å². The van der Waals surface area contributed by atoms with E-state index in [-0.39, 0.29) is 11.3 Å². The van der Waals surface area contributed by atoms with Gasteiger partial charge in [0.2, 0.25) is 5.91 Å². The van der Waals surface area contributed by atoms with Crippen molar-refractivity contribution in [2.24, 2.45) is 5.41 Å². The summed E-state index contributed by atoms with van der Waals surface area (Å²) < 4.78 is 5.23. The molecule has 3 heteroatoms. The summed E-state index contributed by atoms with van der Waals surface area (Å²) in [6.07, 6.45) is 0.890. The van der Waals surface area contributed by atoms with E-state index < -0.39 is 0 Å². The van der Waals surface area contributed by atoms with Gasteiger partial charge in [0.05, 0.1) is 12.0 Å². The molecular formula is C8H11NO2. The number of nitrogens with one attached hydrogen (secondary N) is 1. The van der Waals surface area contributed by atoms with E-state index in [0.29, 0.717) is 12.5 Å². The van der Waals surface area contributed by atoms with Gasteiger partial charge in [0.15, 0.2) is 5.88 Å². The molecule has 0 aliphatic carbocycles. The van der Waals surface area contributed by atoms with Crippen LogP contribution in [0.25, 0.3) is 0 Å². The average Bonchev–Trinajstić information content (AvgIpc) is 2.41. The minimum atomic E-state index is -0.341. The number of hydrogen-bond acceptors (Lipinski definition) is 2. The molecule has 2 rings (SSSR count). The number of ether oxygens (including phenoxy) is 1. The van der Waals surface area contributed by atoms with E-state index in [1.54, 1.807) is 0 Å². The van der Waals surface area contributed by atoms with E-state index in [4.69, 9.17) is 4.74 Å². The van der Waals surface area contributed by atoms with Crippen LogP contribution in [-0.4, -0.2) is 12.5 Å². The van der Waals surface area contributed by atoms with Crippen molar-refractivity contribution >= 4 is 5.91 Å². The van der Waals surface area contributed by atoms with Crippen LogP contribution in [0.3, 0.4) is 0 Å². The zero-order chi connectivity index (χ0) is 8.06. The zero-order valence-electron chi connectivity index (χ0n) is 6.73. The maximum atomic E-state index is 11.3. The first-order chi connectivity index (χ1) is 5.12. The third-order valence-corrected chi connectivity index (χ3v) is 2.42. The van der Waals surface area contributed by atoms with Crippen LogP contribution in [0.4, 0.5) is 0 Å². The van der Waals surface area contributed by atoms with Crippen molar-refractivity contribution in [3.63, 3.8) is 0 Å². The van der Waals surface area contributed by atoms with Crippen molar-refractivity contribution in [3.05, 3.63) is 11.5 Å². The van der Waals surface area contributed by atoms with Crippen molar-refractivity contribution in [1.29, 1.82) is 0 Å². The monoisotopic (exact) mass is 153 g/mol. The van der Waals surface area contributed by atoms with Crippen molar-refractivity contribution in [2.75, 3.05) is 6.61 Å². The lowest BCUT2D eigenvalue weighted by Gasteiger charge is -2.16. The maximum Gasteiger partial charge on any atom is 0.236 e. The SMILES string of the molecule is CC1(C)C(=O)NC2=C1CCO2. The van der Waals surface area contributed by atoms with Crippen LogP contribution in [0.1, 0.15) is 20.3 Å². The molecule has 0 atom stereocenters. The van der Waals surface area contributed by atoms with Gasteiger partial charge in [-0.1, -0.05) is 0 Å². The van der Waals surface area contributed by atoms with Crippen LogP contribution in [0, 0.1) is 5.41 Å². The van der Waals surface area contributed by atoms with Gasteiger partial charge in [0, 0.05) is 12.0 Å². The molecule has 0 aromatic carbocycles. The molecule has 0 saturated carbocycles. The highest BCUT2D eigenvalue weighted by molar-refractivity contribution is 5.90. The Morgan fingerprint density at radius 3 is 2.91 bits per heavy atom. The maximum absolute atomic E-state index is 11.3. The molecule has 0 unspecified atom stereocenters. The molecule has 0 bridgehead atoms. The minimum Gasteiger partial charge on any atom is -0.479 e. The Balaban J connectivity index is 2.41. The molecule has 2 aliphatic rings. The molecule has 0 aromatic heterocycles. The highest BCUT2D eigenvalue weighted by Crippen LogP contribution is 2.39. The lowest BCUT2D eigenvalue weighted by atomic mass is 9.85. The lowest BCUT2D eigenvalue weighted by Crippen LogP contribution is -2.30. The number of carbonyl (C=O) groups excluding carboxylic acids is 1. The Bertz CT molecular complexity index is 253. The predicted molar refractivity (Wildman–Crippen MR) is 39.5 cm³/mol. The van der Waals surface area contributed by atoms with Crippen molar-refractivity contribution in [1.82, 2.24) is 5.32 Å². The van der Waals surface area contributed by atoms with Crippen molar-refractivity contribution in [3.8, 4) is 0 Å². The molecule has 0 aromatic rings. The van der Waals surface area contributed by atoms with E-state index in [1.807, 2.05) is 13.8 Å². The van der Waals surface area contributed by atoms with E-state index in [0.717, 1.165) is 12.0 Å². The summed E-state index contributed by atoms with van der Waals surface area (Å²) in [6, 6.07) is 0. The smallest absolute Gasteiger partial charge is 0.236 e. The van der Waals surface area contributed by atoms with Crippen LogP contribution in [-0.2, 0) is 9.53 Å². The number of hydrogen-bond donors (Lipinski definition) is 1. The summed E-state index contributed by atoms with van der Waals surface area (Å²) in [6.45, 7) is 4.58. The van der Waals surface area contributed by atoms with Gasteiger partial charge in [0.25, 0.3) is 0 Å². The Hall–Kier alpha value is -0.990. The van der Waals surface area contributed by atoms with E-state index in [9.17, 15) is 4.79 Å². The van der Waals surface area contributed by atoms with Gasteiger partial charge >= 0.3 is 0 Å². The fraction of sp³-hybridized carbons (Fsp3) is 0.625. The van der Waals surface area contributed by atoms with Crippen molar-refractivity contribution < 1.29 is 9.53 Å². The minimum absolute atomic E-state index is 0.0576. The van der Waals surface area contributed by atoms with Crippen LogP contribution in [0.5, 0.6) is 0 Å². The van der Waals surface area contributed by atoms with Crippen LogP contribution in [0.2, 0.25) is 0 Å². The van der Waals surface area contributed by atoms with Gasteiger partial charge in [-0.25, -0.2) is 0 Å². The Morgan fingerprint density at radius 2 is 2.27 bits per heavy atom. The molecular weight excluding hydrogens is 142 g/mol. The molecule has 3 nitrogen and oxygen atoms in total. The van der Waals surface area contributed by atoms with Crippen molar-refractivity contribution in [2.45, 2.75) is 20.3 Å². The lowest BCUT2D eigenvalue weighted by molar-refractivity contribution is -0.126. The second-order valence-corrected chi connectivity index (χ2v) is 3.49. The first-order valence-corrected chi connectivity index (χ1v) is 3.80. The predicted octanol–water partition coefficient (Wildman–Crippen LogP) is 0.774. The number of carbonyl (C=O) groups is 1. The van der Waals surface area contributed by atoms with Gasteiger partial charge in [-0.2, -0.15) is 0 Å². The van der Waals surface area contributed by atoms with Crippen LogP contribution < -0.4 is 5.32 Å². The summed E-state index contributed by atoms with van der Waals surface area (Å²) in [5.74, 6) is 0.766. The second-order valence-electron chi connectivity index (χ2n) is 3.49. The first-order valence-electron chi connectivity index (χ1n) is 3.80. The largest absolute Gasteiger partial charge is 0.479 e. The standard InChI is InChI=1S/C8H11NO2/c1-8(2)5-3-4-11-6(5)9-7(8)10/h3-4H2,1-2H3,(H,9,10). The van der Waals surface area contributed by atoms with Gasteiger partial charge in [0.1, 0.15) is 0 Å². The average molecular weight is 153 g/mol. The molecule has 1 N–H and O–H groups in total. The Kier molecular flexibility index (Phi) is 1.09. The Labute approximate surface area is 65.4 Å². The molecule has 60 valence electrons. The molecule has 0 saturated heterocycles. The third-order valence-electron chi connectivity index (χ3n) is 2.42. The summed E-state index contributed by atoms with van der Waals surface area (Å²) in [5.41, 5.74) is 0.786. The fourth-order valence-corrected chi connectivity index (χ4v) is 1.56. The van der Waals surface area contributed by atoms with Gasteiger partial charge in [-0.15, -0.1) is 0 Å². The molecule has 11 heavy (non-hydrogen) atoms. The molecule has 1 amide bonds. The highest BCUT2D eigenvalue weighted by atomic mass is 16.5. The molecule has 0 radical (unpaired) electrons. The summed E-state index contributed by atoms with van der Waals surface area (Å²) in [4.78, 5) is 11.3. The summed E-state index contributed by atoms with van der Waals surface area (Å²) >= 11 is 0. The van der Waals surface area contributed by atoms with Crippen LogP contribution >= 0.6 is 0 Å². The van der Waals surface area contributed by atoms with E-state index in [1.165, 1.54) is 0 Å². The van der Waals surface area contributed by atoms with Gasteiger partial charge < -0.3 is 4.74 Å². The van der Waals surface area contributed by atoms with Gasteiger partial charge in [-0.3, -0.25) is 10.1 Å². The molecule has 2 heterocycles. The quantitative estimate of drug-likeness (QED) is 0.558. The topological polar surface area (TPSA) is 38.3 Å². The van der Waals surface area contributed by atoms with Gasteiger partial charge in [-0.05, 0) is 13.8 Å². The normalized spacial score (nSPS) is 26.5. The second kappa shape index (κ2) is 1.78. The fourth-order valence-electron chi connectivity index (χ4n) is 1.56. The Morgan fingerprint density at radius 1 is 1.55 bits per heavy atom. The molecule has 0 spiro atoms. The van der Waals surface area contributed by atoms with E-state index >= 15 is 0 Å².